The molecule has 1 atom stereocenters. The number of hydrogen-bond acceptors (Lipinski definition) is 4. The van der Waals surface area contributed by atoms with Gasteiger partial charge in [0, 0.05) is 33.1 Å². The van der Waals surface area contributed by atoms with Gasteiger partial charge in [-0.1, -0.05) is 30.3 Å². The molecule has 0 saturated carbocycles. The molecule has 6 nitrogen and oxygen atoms in total. The lowest BCUT2D eigenvalue weighted by atomic mass is 10.1. The minimum absolute atomic E-state index is 0.0134. The Balaban J connectivity index is 1.81. The maximum Gasteiger partial charge on any atom is 0.311 e. The van der Waals surface area contributed by atoms with Crippen LogP contribution in [0.1, 0.15) is 19.4 Å². The fraction of sp³-hybridized carbons (Fsp3) is 0.471. The van der Waals surface area contributed by atoms with Gasteiger partial charge in [-0.25, -0.2) is 0 Å². The van der Waals surface area contributed by atoms with E-state index in [4.69, 9.17) is 4.74 Å². The van der Waals surface area contributed by atoms with Crippen LogP contribution in [0.4, 0.5) is 0 Å². The molecule has 6 heteroatoms. The van der Waals surface area contributed by atoms with E-state index in [2.05, 4.69) is 0 Å². The van der Waals surface area contributed by atoms with Gasteiger partial charge in [-0.2, -0.15) is 0 Å². The van der Waals surface area contributed by atoms with Gasteiger partial charge in [-0.3, -0.25) is 14.4 Å². The van der Waals surface area contributed by atoms with E-state index in [0.717, 1.165) is 5.56 Å². The molecule has 0 N–H and O–H groups in total. The number of esters is 1. The molecule has 0 bridgehead atoms. The summed E-state index contributed by atoms with van der Waals surface area (Å²) in [6.45, 7) is 5.09. The molecule has 2 amide bonds. The number of ether oxygens (including phenoxy) is 1. The van der Waals surface area contributed by atoms with E-state index in [-0.39, 0.29) is 18.2 Å². The number of piperazine rings is 1. The van der Waals surface area contributed by atoms with E-state index in [0.29, 0.717) is 26.2 Å². The van der Waals surface area contributed by atoms with E-state index < -0.39 is 12.1 Å². The third-order valence-corrected chi connectivity index (χ3v) is 3.88. The third kappa shape index (κ3) is 4.81. The van der Waals surface area contributed by atoms with Crippen molar-refractivity contribution in [3.05, 3.63) is 35.9 Å². The van der Waals surface area contributed by atoms with Gasteiger partial charge in [-0.15, -0.1) is 0 Å². The molecule has 23 heavy (non-hydrogen) atoms. The molecule has 124 valence electrons. The second-order valence-electron chi connectivity index (χ2n) is 5.63. The van der Waals surface area contributed by atoms with Gasteiger partial charge in [-0.05, 0) is 12.5 Å². The summed E-state index contributed by atoms with van der Waals surface area (Å²) >= 11 is 0. The van der Waals surface area contributed by atoms with E-state index in [1.807, 2.05) is 30.3 Å². The van der Waals surface area contributed by atoms with Crippen LogP contribution in [-0.2, 0) is 25.5 Å². The zero-order chi connectivity index (χ0) is 16.8. The lowest BCUT2D eigenvalue weighted by molar-refractivity contribution is -0.159. The van der Waals surface area contributed by atoms with E-state index in [9.17, 15) is 14.4 Å². The van der Waals surface area contributed by atoms with Crippen LogP contribution in [0, 0.1) is 0 Å². The Morgan fingerprint density at radius 2 is 1.61 bits per heavy atom. The van der Waals surface area contributed by atoms with Crippen LogP contribution >= 0.6 is 0 Å². The van der Waals surface area contributed by atoms with Gasteiger partial charge >= 0.3 is 5.97 Å². The number of carbonyl (C=O) groups is 3. The fourth-order valence-electron chi connectivity index (χ4n) is 2.55. The van der Waals surface area contributed by atoms with Crippen molar-refractivity contribution in [3.63, 3.8) is 0 Å². The van der Waals surface area contributed by atoms with Crippen LogP contribution in [0.5, 0.6) is 0 Å². The molecule has 1 aliphatic heterocycles. The molecule has 2 rings (SSSR count). The molecule has 1 saturated heterocycles. The molecule has 1 heterocycles. The van der Waals surface area contributed by atoms with Crippen LogP contribution in [0.2, 0.25) is 0 Å². The summed E-state index contributed by atoms with van der Waals surface area (Å²) in [6, 6.07) is 9.27. The van der Waals surface area contributed by atoms with Crippen molar-refractivity contribution in [1.29, 1.82) is 0 Å². The molecule has 0 spiro atoms. The first-order valence-electron chi connectivity index (χ1n) is 7.75. The van der Waals surface area contributed by atoms with Crippen molar-refractivity contribution in [2.45, 2.75) is 26.4 Å². The van der Waals surface area contributed by atoms with Gasteiger partial charge in [0.15, 0.2) is 6.10 Å². The van der Waals surface area contributed by atoms with Gasteiger partial charge in [0.05, 0.1) is 6.42 Å². The van der Waals surface area contributed by atoms with Crippen molar-refractivity contribution < 1.29 is 19.1 Å². The van der Waals surface area contributed by atoms with Gasteiger partial charge < -0.3 is 14.5 Å². The Morgan fingerprint density at radius 1 is 1.04 bits per heavy atom. The lowest BCUT2D eigenvalue weighted by Crippen LogP contribution is -2.52. The normalized spacial score (nSPS) is 15.9. The lowest BCUT2D eigenvalue weighted by Gasteiger charge is -2.35. The Kier molecular flexibility index (Phi) is 5.73. The number of benzene rings is 1. The maximum atomic E-state index is 12.3. The van der Waals surface area contributed by atoms with E-state index >= 15 is 0 Å². The summed E-state index contributed by atoms with van der Waals surface area (Å²) in [5.74, 6) is -0.617. The summed E-state index contributed by atoms with van der Waals surface area (Å²) in [7, 11) is 0. The van der Waals surface area contributed by atoms with Crippen molar-refractivity contribution in [3.8, 4) is 0 Å². The van der Waals surface area contributed by atoms with Gasteiger partial charge in [0.2, 0.25) is 5.91 Å². The average Bonchev–Trinajstić information content (AvgIpc) is 2.55. The first-order chi connectivity index (χ1) is 11.0. The predicted molar refractivity (Wildman–Crippen MR) is 84.5 cm³/mol. The highest BCUT2D eigenvalue weighted by molar-refractivity contribution is 5.84. The van der Waals surface area contributed by atoms with Crippen LogP contribution in [0.3, 0.4) is 0 Å². The van der Waals surface area contributed by atoms with Crippen LogP contribution in [0.25, 0.3) is 0 Å². The summed E-state index contributed by atoms with van der Waals surface area (Å²) in [5, 5.41) is 0. The highest BCUT2D eigenvalue weighted by Gasteiger charge is 2.27. The topological polar surface area (TPSA) is 66.9 Å². The first-order valence-corrected chi connectivity index (χ1v) is 7.75. The Morgan fingerprint density at radius 3 is 2.17 bits per heavy atom. The second-order valence-corrected chi connectivity index (χ2v) is 5.63. The third-order valence-electron chi connectivity index (χ3n) is 3.88. The highest BCUT2D eigenvalue weighted by Crippen LogP contribution is 2.08. The SMILES string of the molecule is CC(=O)N1CCN(C(=O)C(C)OC(=O)Cc2ccccc2)CC1. The number of nitrogens with zero attached hydrogens (tertiary/aromatic N) is 2. The number of carbonyl (C=O) groups excluding carboxylic acids is 3. The molecule has 0 radical (unpaired) electrons. The van der Waals surface area contributed by atoms with Gasteiger partial charge in [0.1, 0.15) is 0 Å². The number of amides is 2. The first kappa shape index (κ1) is 17.0. The molecule has 1 fully saturated rings. The zero-order valence-electron chi connectivity index (χ0n) is 13.5. The van der Waals surface area contributed by atoms with Crippen molar-refractivity contribution in [2.24, 2.45) is 0 Å². The summed E-state index contributed by atoms with van der Waals surface area (Å²) < 4.78 is 5.23. The molecule has 0 aromatic heterocycles. The molecular weight excluding hydrogens is 296 g/mol. The summed E-state index contributed by atoms with van der Waals surface area (Å²) in [4.78, 5) is 38.8. The van der Waals surface area contributed by atoms with E-state index in [1.165, 1.54) is 6.92 Å². The largest absolute Gasteiger partial charge is 0.452 e. The van der Waals surface area contributed by atoms with Crippen molar-refractivity contribution in [2.75, 3.05) is 26.2 Å². The highest BCUT2D eigenvalue weighted by atomic mass is 16.5. The predicted octanol–water partition coefficient (Wildman–Crippen LogP) is 0.851. The van der Waals surface area contributed by atoms with E-state index in [1.54, 1.807) is 16.7 Å². The Hall–Kier alpha value is -2.37. The molecule has 0 aliphatic carbocycles. The minimum Gasteiger partial charge on any atom is -0.452 e. The second kappa shape index (κ2) is 7.76. The number of hydrogen-bond donors (Lipinski definition) is 0. The zero-order valence-corrected chi connectivity index (χ0v) is 13.5. The van der Waals surface area contributed by atoms with Crippen LogP contribution in [0.15, 0.2) is 30.3 Å². The van der Waals surface area contributed by atoms with Crippen LogP contribution < -0.4 is 0 Å². The maximum absolute atomic E-state index is 12.3. The smallest absolute Gasteiger partial charge is 0.311 e. The average molecular weight is 318 g/mol. The fourth-order valence-corrected chi connectivity index (χ4v) is 2.55. The summed E-state index contributed by atoms with van der Waals surface area (Å²) in [6.07, 6.45) is -0.661. The van der Waals surface area contributed by atoms with Crippen LogP contribution in [-0.4, -0.2) is 59.9 Å². The number of rotatable bonds is 4. The Bertz CT molecular complexity index is 565. The molecule has 1 aromatic rings. The minimum atomic E-state index is -0.810. The molecular formula is C17H22N2O4. The van der Waals surface area contributed by atoms with Crippen molar-refractivity contribution >= 4 is 17.8 Å². The molecule has 1 unspecified atom stereocenters. The van der Waals surface area contributed by atoms with Crippen molar-refractivity contribution in [1.82, 2.24) is 9.80 Å². The monoisotopic (exact) mass is 318 g/mol. The molecule has 1 aromatic carbocycles. The quantitative estimate of drug-likeness (QED) is 0.772. The standard InChI is InChI=1S/C17H22N2O4/c1-13(23-16(21)12-15-6-4-3-5-7-15)17(22)19-10-8-18(9-11-19)14(2)20/h3-7,13H,8-12H2,1-2H3. The summed E-state index contributed by atoms with van der Waals surface area (Å²) in [5.41, 5.74) is 0.854. The Labute approximate surface area is 136 Å². The molecule has 1 aliphatic rings. The van der Waals surface area contributed by atoms with Gasteiger partial charge in [0.25, 0.3) is 5.91 Å².